The summed E-state index contributed by atoms with van der Waals surface area (Å²) in [6, 6.07) is 21.9. The molecule has 1 unspecified atom stereocenters. The number of aliphatic hydroxyl groups is 1. The molecule has 1 atom stereocenters. The van der Waals surface area contributed by atoms with E-state index in [4.69, 9.17) is 0 Å². The molecule has 1 aromatic heterocycles. The highest BCUT2D eigenvalue weighted by Gasteiger charge is 2.28. The van der Waals surface area contributed by atoms with Gasteiger partial charge in [-0.3, -0.25) is 4.90 Å². The van der Waals surface area contributed by atoms with E-state index in [1.54, 1.807) is 6.20 Å². The highest BCUT2D eigenvalue weighted by molar-refractivity contribution is 5.74. The van der Waals surface area contributed by atoms with E-state index in [0.29, 0.717) is 0 Å². The van der Waals surface area contributed by atoms with Gasteiger partial charge in [-0.25, -0.2) is 4.98 Å². The van der Waals surface area contributed by atoms with Crippen LogP contribution in [0.15, 0.2) is 84.8 Å². The predicted molar refractivity (Wildman–Crippen MR) is 101 cm³/mol. The van der Waals surface area contributed by atoms with Gasteiger partial charge in [-0.2, -0.15) is 0 Å². The highest BCUT2D eigenvalue weighted by Crippen LogP contribution is 2.40. The average Bonchev–Trinajstić information content (AvgIpc) is 2.63. The number of nitrogens with zero attached hydrogens (tertiary/aromatic N) is 2. The van der Waals surface area contributed by atoms with E-state index in [0.717, 1.165) is 34.1 Å². The number of aliphatic hydroxyl groups excluding tert-OH is 1. The van der Waals surface area contributed by atoms with Gasteiger partial charge in [-0.1, -0.05) is 36.4 Å². The van der Waals surface area contributed by atoms with Crippen LogP contribution in [0.1, 0.15) is 17.2 Å². The molecule has 4 nitrogen and oxygen atoms in total. The number of benzene rings is 2. The summed E-state index contributed by atoms with van der Waals surface area (Å²) in [5, 5.41) is 14.1. The minimum Gasteiger partial charge on any atom is -0.384 e. The van der Waals surface area contributed by atoms with Gasteiger partial charge in [0, 0.05) is 23.1 Å². The van der Waals surface area contributed by atoms with Crippen LogP contribution in [0.4, 0.5) is 17.2 Å². The predicted octanol–water partition coefficient (Wildman–Crippen LogP) is 4.53. The van der Waals surface area contributed by atoms with Gasteiger partial charge in [-0.05, 0) is 48.9 Å². The van der Waals surface area contributed by atoms with Crippen LogP contribution in [0.25, 0.3) is 0 Å². The van der Waals surface area contributed by atoms with Gasteiger partial charge in [0.05, 0.1) is 0 Å². The van der Waals surface area contributed by atoms with Crippen LogP contribution < -0.4 is 10.2 Å². The third-order valence-electron chi connectivity index (χ3n) is 4.31. The molecule has 0 saturated heterocycles. The first-order valence-electron chi connectivity index (χ1n) is 8.26. The van der Waals surface area contributed by atoms with E-state index in [1.165, 1.54) is 0 Å². The van der Waals surface area contributed by atoms with Gasteiger partial charge in [0.1, 0.15) is 17.7 Å². The van der Waals surface area contributed by atoms with Crippen LogP contribution in [0, 0.1) is 6.92 Å². The van der Waals surface area contributed by atoms with Crippen molar-refractivity contribution in [3.05, 3.63) is 96.0 Å². The van der Waals surface area contributed by atoms with Gasteiger partial charge < -0.3 is 10.4 Å². The molecule has 1 aliphatic heterocycles. The van der Waals surface area contributed by atoms with Crippen molar-refractivity contribution >= 4 is 17.2 Å². The molecule has 0 spiro atoms. The molecule has 0 bridgehead atoms. The van der Waals surface area contributed by atoms with E-state index in [9.17, 15) is 5.11 Å². The van der Waals surface area contributed by atoms with Gasteiger partial charge in [0.2, 0.25) is 0 Å². The van der Waals surface area contributed by atoms with E-state index in [-0.39, 0.29) is 0 Å². The van der Waals surface area contributed by atoms with E-state index in [2.05, 4.69) is 10.3 Å². The fourth-order valence-corrected chi connectivity index (χ4v) is 3.13. The number of aryl methyl sites for hydroxylation is 1. The molecule has 2 aromatic carbocycles. The third-order valence-corrected chi connectivity index (χ3v) is 4.31. The Morgan fingerprint density at radius 1 is 0.960 bits per heavy atom. The van der Waals surface area contributed by atoms with E-state index in [1.807, 2.05) is 84.6 Å². The summed E-state index contributed by atoms with van der Waals surface area (Å²) in [6.45, 7) is 2.00. The zero-order valence-electron chi connectivity index (χ0n) is 13.9. The Hall–Kier alpha value is -3.11. The molecule has 4 rings (SSSR count). The third kappa shape index (κ3) is 2.88. The molecule has 0 aliphatic carbocycles. The lowest BCUT2D eigenvalue weighted by molar-refractivity contribution is 0.225. The van der Waals surface area contributed by atoms with Crippen LogP contribution >= 0.6 is 0 Å². The highest BCUT2D eigenvalue weighted by atomic mass is 16.3. The molecular formula is C21H19N3O. The molecule has 3 aromatic rings. The summed E-state index contributed by atoms with van der Waals surface area (Å²) in [7, 11) is 0. The number of aromatic nitrogens is 1. The Balaban J connectivity index is 1.85. The Morgan fingerprint density at radius 3 is 2.36 bits per heavy atom. The smallest absolute Gasteiger partial charge is 0.145 e. The van der Waals surface area contributed by atoms with Gasteiger partial charge in [-0.15, -0.1) is 0 Å². The molecular weight excluding hydrogens is 310 g/mol. The normalized spacial score (nSPS) is 16.2. The summed E-state index contributed by atoms with van der Waals surface area (Å²) in [5.41, 5.74) is 3.81. The lowest BCUT2D eigenvalue weighted by atomic mass is 10.00. The van der Waals surface area contributed by atoms with Crippen molar-refractivity contribution in [2.24, 2.45) is 0 Å². The average molecular weight is 329 g/mol. The van der Waals surface area contributed by atoms with Crippen molar-refractivity contribution in [3.8, 4) is 0 Å². The number of rotatable bonds is 3. The summed E-state index contributed by atoms with van der Waals surface area (Å²) in [6.07, 6.45) is 2.91. The van der Waals surface area contributed by atoms with Crippen molar-refractivity contribution in [2.75, 3.05) is 10.2 Å². The SMILES string of the molecule is Cc1ccnc2c1C(O)C=C(Nc1ccccc1)N2c1ccccc1. The summed E-state index contributed by atoms with van der Waals surface area (Å²) >= 11 is 0. The molecule has 0 saturated carbocycles. The minimum atomic E-state index is -0.699. The standard InChI is InChI=1S/C21H19N3O/c1-15-12-13-22-21-20(15)18(25)14-19(23-16-8-4-2-5-9-16)24(21)17-10-6-3-7-11-17/h2-14,18,23,25H,1H3. The Morgan fingerprint density at radius 2 is 1.64 bits per heavy atom. The number of hydrogen-bond acceptors (Lipinski definition) is 4. The second-order valence-corrected chi connectivity index (χ2v) is 6.02. The zero-order chi connectivity index (χ0) is 17.2. The molecule has 25 heavy (non-hydrogen) atoms. The lowest BCUT2D eigenvalue weighted by Crippen LogP contribution is -2.29. The summed E-state index contributed by atoms with van der Waals surface area (Å²) in [5.74, 6) is 1.54. The molecule has 2 N–H and O–H groups in total. The van der Waals surface area contributed by atoms with Gasteiger partial charge in [0.15, 0.2) is 0 Å². The summed E-state index contributed by atoms with van der Waals surface area (Å²) < 4.78 is 0. The quantitative estimate of drug-likeness (QED) is 0.741. The molecule has 4 heteroatoms. The summed E-state index contributed by atoms with van der Waals surface area (Å²) in [4.78, 5) is 6.61. The first-order chi connectivity index (χ1) is 12.2. The fraction of sp³-hybridized carbons (Fsp3) is 0.0952. The molecule has 1 aliphatic rings. The van der Waals surface area contributed by atoms with Crippen molar-refractivity contribution in [3.63, 3.8) is 0 Å². The van der Waals surface area contributed by atoms with Crippen molar-refractivity contribution < 1.29 is 5.11 Å². The van der Waals surface area contributed by atoms with Crippen LogP contribution in [0.2, 0.25) is 0 Å². The lowest BCUT2D eigenvalue weighted by Gasteiger charge is -2.34. The molecule has 0 radical (unpaired) electrons. The number of para-hydroxylation sites is 2. The Kier molecular flexibility index (Phi) is 3.96. The van der Waals surface area contributed by atoms with Gasteiger partial charge >= 0.3 is 0 Å². The van der Waals surface area contributed by atoms with Crippen molar-refractivity contribution in [1.29, 1.82) is 0 Å². The number of pyridine rings is 1. The molecule has 124 valence electrons. The van der Waals surface area contributed by atoms with Crippen molar-refractivity contribution in [1.82, 2.24) is 4.98 Å². The van der Waals surface area contributed by atoms with Crippen molar-refractivity contribution in [2.45, 2.75) is 13.0 Å². The molecule has 0 fully saturated rings. The minimum absolute atomic E-state index is 0.699. The fourth-order valence-electron chi connectivity index (χ4n) is 3.13. The van der Waals surface area contributed by atoms with Crippen LogP contribution in [-0.4, -0.2) is 10.1 Å². The van der Waals surface area contributed by atoms with Crippen LogP contribution in [0.5, 0.6) is 0 Å². The number of hydrogen-bond donors (Lipinski definition) is 2. The zero-order valence-corrected chi connectivity index (χ0v) is 13.9. The number of nitrogens with one attached hydrogen (secondary N) is 1. The van der Waals surface area contributed by atoms with Crippen LogP contribution in [-0.2, 0) is 0 Å². The Bertz CT molecular complexity index is 907. The first kappa shape index (κ1) is 15.4. The largest absolute Gasteiger partial charge is 0.384 e. The number of fused-ring (bicyclic) bond motifs is 1. The first-order valence-corrected chi connectivity index (χ1v) is 8.26. The van der Waals surface area contributed by atoms with E-state index < -0.39 is 6.10 Å². The van der Waals surface area contributed by atoms with E-state index >= 15 is 0 Å². The van der Waals surface area contributed by atoms with Gasteiger partial charge in [0.25, 0.3) is 0 Å². The topological polar surface area (TPSA) is 48.4 Å². The molecule has 2 heterocycles. The second-order valence-electron chi connectivity index (χ2n) is 6.02. The van der Waals surface area contributed by atoms with Crippen LogP contribution in [0.3, 0.4) is 0 Å². The Labute approximate surface area is 147 Å². The second kappa shape index (κ2) is 6.42. The monoisotopic (exact) mass is 329 g/mol. The maximum absolute atomic E-state index is 10.7. The number of anilines is 3. The maximum atomic E-state index is 10.7. The molecule has 0 amide bonds. The maximum Gasteiger partial charge on any atom is 0.145 e.